The normalized spacial score (nSPS) is 24.6. The molecule has 1 aliphatic heterocycles. The van der Waals surface area contributed by atoms with Gasteiger partial charge in [0.15, 0.2) is 0 Å². The summed E-state index contributed by atoms with van der Waals surface area (Å²) in [5.74, 6) is -0.833. The molecule has 1 fully saturated rings. The van der Waals surface area contributed by atoms with Gasteiger partial charge in [0, 0.05) is 12.6 Å². The summed E-state index contributed by atoms with van der Waals surface area (Å²) in [4.78, 5) is 0. The van der Waals surface area contributed by atoms with E-state index in [9.17, 15) is 21.6 Å². The first-order chi connectivity index (χ1) is 7.22. The molecule has 1 saturated heterocycles. The molecule has 0 aromatic heterocycles. The highest BCUT2D eigenvalue weighted by Gasteiger charge is 2.34. The molecular weight excluding hydrogens is 243 g/mol. The van der Waals surface area contributed by atoms with Gasteiger partial charge in [0.05, 0.1) is 12.2 Å². The zero-order valence-electron chi connectivity index (χ0n) is 9.13. The molecule has 0 amide bonds. The van der Waals surface area contributed by atoms with E-state index in [0.29, 0.717) is 6.54 Å². The van der Waals surface area contributed by atoms with E-state index in [1.54, 1.807) is 6.92 Å². The zero-order valence-corrected chi connectivity index (χ0v) is 9.94. The van der Waals surface area contributed by atoms with Crippen LogP contribution in [0.2, 0.25) is 0 Å². The van der Waals surface area contributed by atoms with Crippen molar-refractivity contribution >= 4 is 10.0 Å². The number of hydrogen-bond acceptors (Lipinski definition) is 2. The minimum Gasteiger partial charge on any atom is -0.212 e. The fourth-order valence-corrected chi connectivity index (χ4v) is 3.63. The lowest BCUT2D eigenvalue weighted by Crippen LogP contribution is -2.43. The van der Waals surface area contributed by atoms with Crippen molar-refractivity contribution in [2.45, 2.75) is 44.8 Å². The van der Waals surface area contributed by atoms with E-state index in [1.165, 1.54) is 4.31 Å². The number of alkyl halides is 3. The second-order valence-electron chi connectivity index (χ2n) is 4.14. The molecular formula is C9H16F3NO2S. The fraction of sp³-hybridized carbons (Fsp3) is 1.00. The van der Waals surface area contributed by atoms with E-state index in [-0.39, 0.29) is 6.04 Å². The molecule has 96 valence electrons. The Kier molecular flexibility index (Phi) is 4.23. The average molecular weight is 259 g/mol. The van der Waals surface area contributed by atoms with E-state index in [1.807, 2.05) is 0 Å². The first kappa shape index (κ1) is 13.8. The maximum atomic E-state index is 12.0. The van der Waals surface area contributed by atoms with Gasteiger partial charge in [-0.15, -0.1) is 0 Å². The van der Waals surface area contributed by atoms with Crippen molar-refractivity contribution < 1.29 is 21.6 Å². The molecule has 3 nitrogen and oxygen atoms in total. The van der Waals surface area contributed by atoms with Crippen molar-refractivity contribution in [1.29, 1.82) is 0 Å². The molecule has 0 bridgehead atoms. The Morgan fingerprint density at radius 2 is 1.94 bits per heavy atom. The van der Waals surface area contributed by atoms with E-state index >= 15 is 0 Å². The largest absolute Gasteiger partial charge is 0.390 e. The van der Waals surface area contributed by atoms with Gasteiger partial charge in [-0.2, -0.15) is 17.5 Å². The first-order valence-electron chi connectivity index (χ1n) is 5.29. The lowest BCUT2D eigenvalue weighted by molar-refractivity contribution is -0.130. The van der Waals surface area contributed by atoms with Crippen LogP contribution in [0.1, 0.15) is 32.6 Å². The van der Waals surface area contributed by atoms with Gasteiger partial charge in [0.2, 0.25) is 10.0 Å². The van der Waals surface area contributed by atoms with Crippen LogP contribution in [0.3, 0.4) is 0 Å². The van der Waals surface area contributed by atoms with Gasteiger partial charge in [0.25, 0.3) is 0 Å². The fourth-order valence-electron chi connectivity index (χ4n) is 1.85. The number of hydrogen-bond donors (Lipinski definition) is 0. The summed E-state index contributed by atoms with van der Waals surface area (Å²) in [6.07, 6.45) is -3.28. The molecule has 0 radical (unpaired) electrons. The van der Waals surface area contributed by atoms with Crippen LogP contribution < -0.4 is 0 Å². The molecule has 7 heteroatoms. The third kappa shape index (κ3) is 3.93. The van der Waals surface area contributed by atoms with Crippen LogP contribution in [-0.4, -0.2) is 37.2 Å². The summed E-state index contributed by atoms with van der Waals surface area (Å²) < 4.78 is 60.4. The number of rotatable bonds is 3. The maximum Gasteiger partial charge on any atom is 0.390 e. The SMILES string of the molecule is C[C@@H]1CCCCN1S(=O)(=O)CCC(F)(F)F. The summed E-state index contributed by atoms with van der Waals surface area (Å²) in [7, 11) is -3.75. The molecule has 0 N–H and O–H groups in total. The van der Waals surface area contributed by atoms with Crippen LogP contribution >= 0.6 is 0 Å². The Labute approximate surface area is 93.7 Å². The molecule has 0 saturated carbocycles. The molecule has 1 heterocycles. The average Bonchev–Trinajstić information content (AvgIpc) is 2.14. The minimum absolute atomic E-state index is 0.174. The first-order valence-corrected chi connectivity index (χ1v) is 6.89. The summed E-state index contributed by atoms with van der Waals surface area (Å²) in [6.45, 7) is 2.09. The number of nitrogens with zero attached hydrogens (tertiary/aromatic N) is 1. The van der Waals surface area contributed by atoms with Gasteiger partial charge in [0.1, 0.15) is 0 Å². The Bertz CT molecular complexity index is 326. The topological polar surface area (TPSA) is 37.4 Å². The Morgan fingerprint density at radius 1 is 1.31 bits per heavy atom. The molecule has 16 heavy (non-hydrogen) atoms. The van der Waals surface area contributed by atoms with Gasteiger partial charge in [-0.1, -0.05) is 6.42 Å². The van der Waals surface area contributed by atoms with Gasteiger partial charge in [-0.05, 0) is 19.8 Å². The lowest BCUT2D eigenvalue weighted by Gasteiger charge is -2.32. The van der Waals surface area contributed by atoms with Crippen molar-refractivity contribution in [2.24, 2.45) is 0 Å². The highest BCUT2D eigenvalue weighted by Crippen LogP contribution is 2.24. The van der Waals surface area contributed by atoms with E-state index in [4.69, 9.17) is 0 Å². The zero-order chi connectivity index (χ0) is 12.4. The smallest absolute Gasteiger partial charge is 0.212 e. The molecule has 0 spiro atoms. The predicted molar refractivity (Wildman–Crippen MR) is 54.5 cm³/mol. The van der Waals surface area contributed by atoms with Crippen molar-refractivity contribution in [3.8, 4) is 0 Å². The third-order valence-corrected chi connectivity index (χ3v) is 4.72. The van der Waals surface area contributed by atoms with Gasteiger partial charge in [-0.25, -0.2) is 8.42 Å². The van der Waals surface area contributed by atoms with Crippen molar-refractivity contribution in [3.05, 3.63) is 0 Å². The Balaban J connectivity index is 2.62. The Hall–Kier alpha value is -0.300. The van der Waals surface area contributed by atoms with Crippen LogP contribution in [0.5, 0.6) is 0 Å². The van der Waals surface area contributed by atoms with Crippen LogP contribution in [0.15, 0.2) is 0 Å². The van der Waals surface area contributed by atoms with Crippen LogP contribution in [-0.2, 0) is 10.0 Å². The second-order valence-corrected chi connectivity index (χ2v) is 6.18. The Morgan fingerprint density at radius 3 is 2.44 bits per heavy atom. The minimum atomic E-state index is -4.41. The molecule has 1 aliphatic rings. The predicted octanol–water partition coefficient (Wildman–Crippen LogP) is 2.14. The van der Waals surface area contributed by atoms with Gasteiger partial charge >= 0.3 is 6.18 Å². The van der Waals surface area contributed by atoms with E-state index < -0.39 is 28.4 Å². The quantitative estimate of drug-likeness (QED) is 0.778. The van der Waals surface area contributed by atoms with Crippen molar-refractivity contribution in [2.75, 3.05) is 12.3 Å². The van der Waals surface area contributed by atoms with Gasteiger partial charge in [-0.3, -0.25) is 0 Å². The lowest BCUT2D eigenvalue weighted by atomic mass is 10.1. The summed E-state index contributed by atoms with van der Waals surface area (Å²) in [5, 5.41) is 0. The highest BCUT2D eigenvalue weighted by molar-refractivity contribution is 7.89. The molecule has 0 aromatic rings. The molecule has 0 unspecified atom stereocenters. The standard InChI is InChI=1S/C9H16F3NO2S/c1-8-4-2-3-6-13(8)16(14,15)7-5-9(10,11)12/h8H,2-7H2,1H3/t8-/m1/s1. The number of sulfonamides is 1. The summed E-state index contributed by atoms with van der Waals surface area (Å²) in [5.41, 5.74) is 0. The van der Waals surface area contributed by atoms with E-state index in [2.05, 4.69) is 0 Å². The van der Waals surface area contributed by atoms with Crippen molar-refractivity contribution in [1.82, 2.24) is 4.31 Å². The molecule has 0 aromatic carbocycles. The summed E-state index contributed by atoms with van der Waals surface area (Å²) >= 11 is 0. The van der Waals surface area contributed by atoms with E-state index in [0.717, 1.165) is 19.3 Å². The van der Waals surface area contributed by atoms with Crippen LogP contribution in [0.4, 0.5) is 13.2 Å². The molecule has 0 aliphatic carbocycles. The number of halogens is 3. The number of piperidine rings is 1. The third-order valence-electron chi connectivity index (χ3n) is 2.74. The molecule has 1 atom stereocenters. The van der Waals surface area contributed by atoms with Crippen LogP contribution in [0.25, 0.3) is 0 Å². The summed E-state index contributed by atoms with van der Waals surface area (Å²) in [6, 6.07) is -0.174. The van der Waals surface area contributed by atoms with Gasteiger partial charge < -0.3 is 0 Å². The molecule has 1 rings (SSSR count). The second kappa shape index (κ2) is 4.91. The van der Waals surface area contributed by atoms with Crippen LogP contribution in [0, 0.1) is 0 Å². The highest BCUT2D eigenvalue weighted by atomic mass is 32.2. The maximum absolute atomic E-state index is 12.0. The monoisotopic (exact) mass is 259 g/mol. The van der Waals surface area contributed by atoms with Crippen molar-refractivity contribution in [3.63, 3.8) is 0 Å².